The predicted octanol–water partition coefficient (Wildman–Crippen LogP) is 2.69. The molecule has 2 N–H and O–H groups in total. The fraction of sp³-hybridized carbons (Fsp3) is 0.538. The van der Waals surface area contributed by atoms with E-state index in [1.807, 2.05) is 6.92 Å². The van der Waals surface area contributed by atoms with Crippen molar-refractivity contribution in [3.8, 4) is 0 Å². The highest BCUT2D eigenvalue weighted by Crippen LogP contribution is 2.41. The van der Waals surface area contributed by atoms with E-state index < -0.39 is 5.97 Å². The number of aromatic nitrogens is 1. The number of carbonyl (C=O) groups is 1. The molecular formula is C13H18N2O2. The van der Waals surface area contributed by atoms with Gasteiger partial charge in [-0.2, -0.15) is 0 Å². The van der Waals surface area contributed by atoms with E-state index in [9.17, 15) is 4.79 Å². The van der Waals surface area contributed by atoms with Crippen LogP contribution in [0.2, 0.25) is 0 Å². The van der Waals surface area contributed by atoms with Crippen LogP contribution in [-0.4, -0.2) is 21.6 Å². The quantitative estimate of drug-likeness (QED) is 0.840. The first-order chi connectivity index (χ1) is 7.90. The average molecular weight is 234 g/mol. The van der Waals surface area contributed by atoms with Gasteiger partial charge < -0.3 is 10.4 Å². The van der Waals surface area contributed by atoms with Crippen LogP contribution in [0.3, 0.4) is 0 Å². The number of pyridine rings is 1. The summed E-state index contributed by atoms with van der Waals surface area (Å²) >= 11 is 0. The summed E-state index contributed by atoms with van der Waals surface area (Å²) < 4.78 is 0. The standard InChI is InChI=1S/C13H18N2O2/c1-8-6-11(10(7-14-8)12(16)17)15-13(2,3)9-4-5-9/h6-7,9H,4-5H2,1-3H3,(H,14,15)(H,16,17). The van der Waals surface area contributed by atoms with Gasteiger partial charge in [0.1, 0.15) is 5.56 Å². The number of carboxylic acids is 1. The van der Waals surface area contributed by atoms with Crippen LogP contribution in [0.25, 0.3) is 0 Å². The number of hydrogen-bond donors (Lipinski definition) is 2. The molecule has 1 saturated carbocycles. The van der Waals surface area contributed by atoms with Crippen LogP contribution in [0.15, 0.2) is 12.3 Å². The predicted molar refractivity (Wildman–Crippen MR) is 66.4 cm³/mol. The summed E-state index contributed by atoms with van der Waals surface area (Å²) in [5, 5.41) is 12.5. The van der Waals surface area contributed by atoms with Gasteiger partial charge in [-0.1, -0.05) is 0 Å². The summed E-state index contributed by atoms with van der Waals surface area (Å²) in [4.78, 5) is 15.2. The van der Waals surface area contributed by atoms with Gasteiger partial charge in [0.15, 0.2) is 0 Å². The Kier molecular flexibility index (Phi) is 2.81. The van der Waals surface area contributed by atoms with Gasteiger partial charge in [0.05, 0.1) is 5.69 Å². The van der Waals surface area contributed by atoms with E-state index in [-0.39, 0.29) is 11.1 Å². The smallest absolute Gasteiger partial charge is 0.339 e. The normalized spacial score (nSPS) is 15.7. The van der Waals surface area contributed by atoms with Crippen LogP contribution in [-0.2, 0) is 0 Å². The van der Waals surface area contributed by atoms with Crippen LogP contribution < -0.4 is 5.32 Å². The molecular weight excluding hydrogens is 216 g/mol. The maximum Gasteiger partial charge on any atom is 0.339 e. The zero-order chi connectivity index (χ0) is 12.6. The number of nitrogens with one attached hydrogen (secondary N) is 1. The molecule has 0 bridgehead atoms. The summed E-state index contributed by atoms with van der Waals surface area (Å²) in [6.45, 7) is 6.10. The Morgan fingerprint density at radius 2 is 2.18 bits per heavy atom. The van der Waals surface area contributed by atoms with Crippen molar-refractivity contribution in [2.24, 2.45) is 5.92 Å². The fourth-order valence-corrected chi connectivity index (χ4v) is 2.09. The molecule has 1 aromatic rings. The van der Waals surface area contributed by atoms with Crippen LogP contribution in [0.5, 0.6) is 0 Å². The number of aryl methyl sites for hydroxylation is 1. The molecule has 1 heterocycles. The Morgan fingerprint density at radius 3 is 2.71 bits per heavy atom. The topological polar surface area (TPSA) is 62.2 Å². The number of hydrogen-bond acceptors (Lipinski definition) is 3. The lowest BCUT2D eigenvalue weighted by Crippen LogP contribution is -2.34. The molecule has 4 heteroatoms. The van der Waals surface area contributed by atoms with Crippen LogP contribution in [0.4, 0.5) is 5.69 Å². The lowest BCUT2D eigenvalue weighted by atomic mass is 9.97. The van der Waals surface area contributed by atoms with Gasteiger partial charge in [0.25, 0.3) is 0 Å². The summed E-state index contributed by atoms with van der Waals surface area (Å²) in [5.74, 6) is -0.302. The molecule has 0 amide bonds. The molecule has 4 nitrogen and oxygen atoms in total. The lowest BCUT2D eigenvalue weighted by molar-refractivity contribution is 0.0697. The van der Waals surface area contributed by atoms with Gasteiger partial charge in [-0.15, -0.1) is 0 Å². The SMILES string of the molecule is Cc1cc(NC(C)(C)C2CC2)c(C(=O)O)cn1. The molecule has 1 aromatic heterocycles. The molecule has 0 aliphatic heterocycles. The van der Waals surface area contributed by atoms with E-state index >= 15 is 0 Å². The minimum Gasteiger partial charge on any atom is -0.478 e. The largest absolute Gasteiger partial charge is 0.478 e. The summed E-state index contributed by atoms with van der Waals surface area (Å²) in [6, 6.07) is 1.80. The number of aromatic carboxylic acids is 1. The summed E-state index contributed by atoms with van der Waals surface area (Å²) in [6.07, 6.45) is 3.85. The highest BCUT2D eigenvalue weighted by molar-refractivity contribution is 5.94. The number of rotatable bonds is 4. The summed E-state index contributed by atoms with van der Waals surface area (Å²) in [5.41, 5.74) is 1.67. The molecule has 1 aliphatic carbocycles. The van der Waals surface area contributed by atoms with Crippen molar-refractivity contribution in [2.45, 2.75) is 39.2 Å². The molecule has 0 aromatic carbocycles. The molecule has 0 atom stereocenters. The van der Waals surface area contributed by atoms with Crippen molar-refractivity contribution in [1.82, 2.24) is 4.98 Å². The molecule has 92 valence electrons. The van der Waals surface area contributed by atoms with Crippen molar-refractivity contribution in [3.63, 3.8) is 0 Å². The zero-order valence-corrected chi connectivity index (χ0v) is 10.4. The molecule has 17 heavy (non-hydrogen) atoms. The zero-order valence-electron chi connectivity index (χ0n) is 10.4. The van der Waals surface area contributed by atoms with Crippen LogP contribution >= 0.6 is 0 Å². The molecule has 0 unspecified atom stereocenters. The van der Waals surface area contributed by atoms with Crippen molar-refractivity contribution in [2.75, 3.05) is 5.32 Å². The molecule has 1 aliphatic rings. The van der Waals surface area contributed by atoms with Gasteiger partial charge in [0, 0.05) is 17.4 Å². The number of anilines is 1. The third-order valence-electron chi connectivity index (χ3n) is 3.33. The minimum absolute atomic E-state index is 0.0575. The number of carboxylic acid groups (broad SMARTS) is 1. The van der Waals surface area contributed by atoms with E-state index in [4.69, 9.17) is 5.11 Å². The first kappa shape index (κ1) is 11.9. The molecule has 0 saturated heterocycles. The third kappa shape index (κ3) is 2.57. The Labute approximate surface area is 101 Å². The second kappa shape index (κ2) is 4.02. The highest BCUT2D eigenvalue weighted by atomic mass is 16.4. The fourth-order valence-electron chi connectivity index (χ4n) is 2.09. The summed E-state index contributed by atoms with van der Waals surface area (Å²) in [7, 11) is 0. The van der Waals surface area contributed by atoms with E-state index in [2.05, 4.69) is 24.1 Å². The van der Waals surface area contributed by atoms with E-state index in [0.717, 1.165) is 5.69 Å². The van der Waals surface area contributed by atoms with Gasteiger partial charge >= 0.3 is 5.97 Å². The van der Waals surface area contributed by atoms with Gasteiger partial charge in [-0.3, -0.25) is 4.98 Å². The maximum absolute atomic E-state index is 11.1. The Balaban J connectivity index is 2.30. The Morgan fingerprint density at radius 1 is 1.53 bits per heavy atom. The third-order valence-corrected chi connectivity index (χ3v) is 3.33. The minimum atomic E-state index is -0.938. The van der Waals surface area contributed by atoms with Crippen molar-refractivity contribution >= 4 is 11.7 Å². The second-order valence-corrected chi connectivity index (χ2v) is 5.30. The maximum atomic E-state index is 11.1. The molecule has 2 rings (SSSR count). The number of nitrogens with zero attached hydrogens (tertiary/aromatic N) is 1. The van der Waals surface area contributed by atoms with E-state index in [1.54, 1.807) is 6.07 Å². The Bertz CT molecular complexity index is 451. The van der Waals surface area contributed by atoms with Crippen LogP contribution in [0, 0.1) is 12.8 Å². The first-order valence-corrected chi connectivity index (χ1v) is 5.88. The van der Waals surface area contributed by atoms with Crippen LogP contribution in [0.1, 0.15) is 42.7 Å². The monoisotopic (exact) mass is 234 g/mol. The lowest BCUT2D eigenvalue weighted by Gasteiger charge is -2.28. The molecule has 1 fully saturated rings. The highest BCUT2D eigenvalue weighted by Gasteiger charge is 2.38. The van der Waals surface area contributed by atoms with E-state index in [0.29, 0.717) is 11.6 Å². The van der Waals surface area contributed by atoms with Gasteiger partial charge in [-0.25, -0.2) is 4.79 Å². The van der Waals surface area contributed by atoms with Crippen molar-refractivity contribution in [3.05, 3.63) is 23.5 Å². The molecule has 0 spiro atoms. The second-order valence-electron chi connectivity index (χ2n) is 5.30. The van der Waals surface area contributed by atoms with E-state index in [1.165, 1.54) is 19.0 Å². The average Bonchev–Trinajstić information content (AvgIpc) is 2.99. The van der Waals surface area contributed by atoms with Crippen molar-refractivity contribution in [1.29, 1.82) is 0 Å². The first-order valence-electron chi connectivity index (χ1n) is 5.88. The molecule has 0 radical (unpaired) electrons. The van der Waals surface area contributed by atoms with Gasteiger partial charge in [0.2, 0.25) is 0 Å². The van der Waals surface area contributed by atoms with Gasteiger partial charge in [-0.05, 0) is 45.6 Å². The Hall–Kier alpha value is -1.58. The van der Waals surface area contributed by atoms with Crippen molar-refractivity contribution < 1.29 is 9.90 Å².